The van der Waals surface area contributed by atoms with Crippen LogP contribution in [0.25, 0.3) is 11.0 Å². The number of carbonyl (C=O) groups is 2. The van der Waals surface area contributed by atoms with Crippen molar-refractivity contribution in [3.05, 3.63) is 100 Å². The third-order valence-corrected chi connectivity index (χ3v) is 6.12. The standard InChI is InChI=1S/C26H22N4O5/c1-2-35-25(32)22-23(18-12-6-8-14-20(18)30(33)34)29-21-15-9-7-13-19(21)27-26(29)28(24(22)31)16-17-10-4-3-5-11-17/h3-15,22-23H,2,16H2,1H3/t22-,23-/m1/s1. The van der Waals surface area contributed by atoms with E-state index in [0.29, 0.717) is 17.0 Å². The van der Waals surface area contributed by atoms with Gasteiger partial charge in [0.25, 0.3) is 5.69 Å². The second kappa shape index (κ2) is 9.02. The summed E-state index contributed by atoms with van der Waals surface area (Å²) >= 11 is 0. The highest BCUT2D eigenvalue weighted by Crippen LogP contribution is 2.44. The van der Waals surface area contributed by atoms with Crippen LogP contribution in [0.5, 0.6) is 0 Å². The van der Waals surface area contributed by atoms with Gasteiger partial charge in [-0.05, 0) is 24.6 Å². The van der Waals surface area contributed by atoms with E-state index in [2.05, 4.69) is 0 Å². The van der Waals surface area contributed by atoms with Crippen molar-refractivity contribution in [3.8, 4) is 0 Å². The van der Waals surface area contributed by atoms with Gasteiger partial charge in [-0.15, -0.1) is 0 Å². The lowest BCUT2D eigenvalue weighted by Crippen LogP contribution is -2.49. The van der Waals surface area contributed by atoms with Crippen LogP contribution in [0, 0.1) is 16.0 Å². The Bertz CT molecular complexity index is 1430. The van der Waals surface area contributed by atoms with Gasteiger partial charge in [-0.25, -0.2) is 4.98 Å². The molecule has 0 N–H and O–H groups in total. The Labute approximate surface area is 200 Å². The molecular weight excluding hydrogens is 448 g/mol. The van der Waals surface area contributed by atoms with Crippen LogP contribution in [0.2, 0.25) is 0 Å². The Hall–Kier alpha value is -4.53. The summed E-state index contributed by atoms with van der Waals surface area (Å²) in [7, 11) is 0. The van der Waals surface area contributed by atoms with Gasteiger partial charge < -0.3 is 9.30 Å². The number of nitro benzene ring substituents is 1. The van der Waals surface area contributed by atoms with Gasteiger partial charge >= 0.3 is 5.97 Å². The number of aromatic nitrogens is 2. The highest BCUT2D eigenvalue weighted by molar-refractivity contribution is 6.08. The first-order valence-corrected chi connectivity index (χ1v) is 11.2. The molecule has 0 unspecified atom stereocenters. The Morgan fingerprint density at radius 3 is 2.46 bits per heavy atom. The summed E-state index contributed by atoms with van der Waals surface area (Å²) in [5, 5.41) is 11.9. The van der Waals surface area contributed by atoms with Crippen LogP contribution in [0.1, 0.15) is 24.1 Å². The summed E-state index contributed by atoms with van der Waals surface area (Å²) in [5.74, 6) is -2.26. The average molecular weight is 470 g/mol. The van der Waals surface area contributed by atoms with Crippen molar-refractivity contribution < 1.29 is 19.2 Å². The number of nitrogens with zero attached hydrogens (tertiary/aromatic N) is 4. The number of para-hydroxylation sites is 3. The number of amides is 1. The summed E-state index contributed by atoms with van der Waals surface area (Å²) in [6.07, 6.45) is 0. The van der Waals surface area contributed by atoms with Gasteiger partial charge in [-0.3, -0.25) is 24.6 Å². The minimum atomic E-state index is -1.33. The molecule has 0 saturated heterocycles. The first-order chi connectivity index (χ1) is 17.0. The van der Waals surface area contributed by atoms with Gasteiger partial charge in [-0.1, -0.05) is 60.7 Å². The molecule has 0 saturated carbocycles. The summed E-state index contributed by atoms with van der Waals surface area (Å²) in [5.41, 5.74) is 2.19. The van der Waals surface area contributed by atoms with Crippen LogP contribution in [0.3, 0.4) is 0 Å². The fourth-order valence-electron chi connectivity index (χ4n) is 4.65. The molecule has 1 aromatic heterocycles. The number of anilines is 1. The highest BCUT2D eigenvalue weighted by Gasteiger charge is 2.49. The summed E-state index contributed by atoms with van der Waals surface area (Å²) in [6, 6.07) is 21.8. The zero-order valence-electron chi connectivity index (χ0n) is 18.9. The smallest absolute Gasteiger partial charge is 0.321 e. The normalized spacial score (nSPS) is 17.3. The molecule has 0 bridgehead atoms. The lowest BCUT2D eigenvalue weighted by Gasteiger charge is -2.37. The zero-order chi connectivity index (χ0) is 24.5. The van der Waals surface area contributed by atoms with Crippen LogP contribution >= 0.6 is 0 Å². The fraction of sp³-hybridized carbons (Fsp3) is 0.192. The topological polar surface area (TPSA) is 108 Å². The van der Waals surface area contributed by atoms with Crippen molar-refractivity contribution in [1.29, 1.82) is 0 Å². The van der Waals surface area contributed by atoms with E-state index < -0.39 is 28.8 Å². The molecule has 3 aromatic carbocycles. The summed E-state index contributed by atoms with van der Waals surface area (Å²) < 4.78 is 7.07. The van der Waals surface area contributed by atoms with Gasteiger partial charge in [0.2, 0.25) is 11.9 Å². The number of fused-ring (bicyclic) bond motifs is 3. The van der Waals surface area contributed by atoms with Crippen molar-refractivity contribution in [1.82, 2.24) is 9.55 Å². The predicted octanol–water partition coefficient (Wildman–Crippen LogP) is 4.26. The van der Waals surface area contributed by atoms with Crippen molar-refractivity contribution in [2.24, 2.45) is 5.92 Å². The van der Waals surface area contributed by atoms with E-state index >= 15 is 0 Å². The van der Waals surface area contributed by atoms with E-state index in [0.717, 1.165) is 5.56 Å². The molecule has 1 amide bonds. The monoisotopic (exact) mass is 470 g/mol. The number of hydrogen-bond donors (Lipinski definition) is 0. The van der Waals surface area contributed by atoms with E-state index in [4.69, 9.17) is 9.72 Å². The van der Waals surface area contributed by atoms with Gasteiger partial charge in [0.05, 0.1) is 40.7 Å². The molecule has 4 aromatic rings. The largest absolute Gasteiger partial charge is 0.465 e. The number of carbonyl (C=O) groups excluding carboxylic acids is 2. The second-order valence-electron chi connectivity index (χ2n) is 8.17. The van der Waals surface area contributed by atoms with E-state index in [1.54, 1.807) is 29.7 Å². The van der Waals surface area contributed by atoms with Crippen LogP contribution in [-0.4, -0.2) is 33.0 Å². The van der Waals surface area contributed by atoms with E-state index in [1.807, 2.05) is 54.6 Å². The lowest BCUT2D eigenvalue weighted by atomic mass is 9.88. The maximum Gasteiger partial charge on any atom is 0.321 e. The van der Waals surface area contributed by atoms with Crippen molar-refractivity contribution in [3.63, 3.8) is 0 Å². The quantitative estimate of drug-likeness (QED) is 0.180. The van der Waals surface area contributed by atoms with Crippen molar-refractivity contribution in [2.45, 2.75) is 19.5 Å². The SMILES string of the molecule is CCOC(=O)[C@H]1C(=O)N(Cc2ccccc2)c2nc3ccccc3n2[C@@H]1c1ccccc1[N+](=O)[O-]. The number of benzene rings is 3. The molecule has 2 atom stereocenters. The van der Waals surface area contributed by atoms with Gasteiger partial charge in [0, 0.05) is 6.07 Å². The first kappa shape index (κ1) is 22.3. The highest BCUT2D eigenvalue weighted by atomic mass is 16.6. The third-order valence-electron chi connectivity index (χ3n) is 6.12. The zero-order valence-corrected chi connectivity index (χ0v) is 18.9. The minimum absolute atomic E-state index is 0.0719. The summed E-state index contributed by atoms with van der Waals surface area (Å²) in [4.78, 5) is 44.8. The third kappa shape index (κ3) is 3.80. The predicted molar refractivity (Wildman–Crippen MR) is 129 cm³/mol. The molecule has 1 aliphatic rings. The number of imidazole rings is 1. The molecule has 0 aliphatic carbocycles. The molecule has 2 heterocycles. The van der Waals surface area contributed by atoms with Crippen molar-refractivity contribution >= 4 is 34.5 Å². The maximum atomic E-state index is 14.0. The minimum Gasteiger partial charge on any atom is -0.465 e. The van der Waals surface area contributed by atoms with E-state index in [1.165, 1.54) is 11.0 Å². The molecular formula is C26H22N4O5. The number of nitro groups is 1. The lowest BCUT2D eigenvalue weighted by molar-refractivity contribution is -0.385. The molecule has 9 nitrogen and oxygen atoms in total. The molecule has 35 heavy (non-hydrogen) atoms. The maximum absolute atomic E-state index is 14.0. The fourth-order valence-corrected chi connectivity index (χ4v) is 4.65. The molecule has 9 heteroatoms. The van der Waals surface area contributed by atoms with Gasteiger partial charge in [0.1, 0.15) is 0 Å². The van der Waals surface area contributed by atoms with Crippen molar-refractivity contribution in [2.75, 3.05) is 11.5 Å². The molecule has 1 aliphatic heterocycles. The molecule has 176 valence electrons. The number of esters is 1. The second-order valence-corrected chi connectivity index (χ2v) is 8.17. The molecule has 0 spiro atoms. The molecule has 5 rings (SSSR count). The Morgan fingerprint density at radius 1 is 1.03 bits per heavy atom. The van der Waals surface area contributed by atoms with Crippen LogP contribution in [-0.2, 0) is 20.9 Å². The number of ether oxygens (including phenoxy) is 1. The van der Waals surface area contributed by atoms with E-state index in [9.17, 15) is 19.7 Å². The summed E-state index contributed by atoms with van der Waals surface area (Å²) in [6.45, 7) is 1.91. The van der Waals surface area contributed by atoms with E-state index in [-0.39, 0.29) is 24.4 Å². The van der Waals surface area contributed by atoms with Crippen LogP contribution in [0.4, 0.5) is 11.6 Å². The molecule has 0 fully saturated rings. The Morgan fingerprint density at radius 2 is 1.71 bits per heavy atom. The number of hydrogen-bond acceptors (Lipinski definition) is 6. The Kier molecular flexibility index (Phi) is 5.74. The molecule has 0 radical (unpaired) electrons. The first-order valence-electron chi connectivity index (χ1n) is 11.2. The van der Waals surface area contributed by atoms with Crippen LogP contribution in [0.15, 0.2) is 78.9 Å². The van der Waals surface area contributed by atoms with Crippen LogP contribution < -0.4 is 4.90 Å². The van der Waals surface area contributed by atoms with Gasteiger partial charge in [0.15, 0.2) is 5.92 Å². The number of rotatable bonds is 6. The van der Waals surface area contributed by atoms with Gasteiger partial charge in [-0.2, -0.15) is 0 Å². The average Bonchev–Trinajstić information content (AvgIpc) is 3.25. The Balaban J connectivity index is 1.79.